The Morgan fingerprint density at radius 3 is 2.83 bits per heavy atom. The van der Waals surface area contributed by atoms with Crippen molar-refractivity contribution in [1.29, 1.82) is 0 Å². The summed E-state index contributed by atoms with van der Waals surface area (Å²) in [5.74, 6) is 0.838. The van der Waals surface area contributed by atoms with Gasteiger partial charge in [-0.15, -0.1) is 0 Å². The Kier molecular flexibility index (Phi) is 4.16. The van der Waals surface area contributed by atoms with E-state index in [4.69, 9.17) is 10.2 Å². The van der Waals surface area contributed by atoms with Gasteiger partial charge in [0, 0.05) is 31.2 Å². The van der Waals surface area contributed by atoms with Gasteiger partial charge in [0.2, 0.25) is 5.89 Å². The summed E-state index contributed by atoms with van der Waals surface area (Å²) in [7, 11) is 0. The van der Waals surface area contributed by atoms with Gasteiger partial charge in [0.25, 0.3) is 0 Å². The molecule has 2 N–H and O–H groups in total. The largest absolute Gasteiger partial charge is 0.441 e. The third-order valence-corrected chi connectivity index (χ3v) is 4.01. The minimum absolute atomic E-state index is 0.171. The maximum absolute atomic E-state index is 12.8. The molecule has 0 spiro atoms. The molecule has 0 bridgehead atoms. The second kappa shape index (κ2) is 5.98. The molecular formula is C16H18F3N3O. The van der Waals surface area contributed by atoms with Gasteiger partial charge in [0.1, 0.15) is 5.76 Å². The van der Waals surface area contributed by atoms with Crippen LogP contribution in [-0.2, 0) is 12.7 Å². The Morgan fingerprint density at radius 2 is 2.17 bits per heavy atom. The lowest BCUT2D eigenvalue weighted by Gasteiger charge is -2.12. The molecule has 1 fully saturated rings. The highest BCUT2D eigenvalue weighted by molar-refractivity contribution is 5.55. The molecule has 2 heterocycles. The first-order chi connectivity index (χ1) is 10.8. The maximum atomic E-state index is 12.8. The van der Waals surface area contributed by atoms with Crippen LogP contribution in [0.2, 0.25) is 0 Å². The molecule has 0 amide bonds. The fourth-order valence-corrected chi connectivity index (χ4v) is 2.74. The normalized spacial score (nSPS) is 19.4. The molecule has 1 saturated heterocycles. The van der Waals surface area contributed by atoms with E-state index in [9.17, 15) is 13.2 Å². The lowest BCUT2D eigenvalue weighted by Crippen LogP contribution is -2.26. The number of hydrogen-bond donors (Lipinski definition) is 1. The monoisotopic (exact) mass is 325 g/mol. The first-order valence-corrected chi connectivity index (χ1v) is 7.45. The molecule has 7 heteroatoms. The predicted octanol–water partition coefficient (Wildman–Crippen LogP) is 3.20. The zero-order valence-corrected chi connectivity index (χ0v) is 12.7. The van der Waals surface area contributed by atoms with E-state index in [-0.39, 0.29) is 11.9 Å². The molecule has 124 valence electrons. The van der Waals surface area contributed by atoms with E-state index >= 15 is 0 Å². The van der Waals surface area contributed by atoms with Gasteiger partial charge in [-0.25, -0.2) is 4.98 Å². The van der Waals surface area contributed by atoms with Crippen molar-refractivity contribution in [3.63, 3.8) is 0 Å². The van der Waals surface area contributed by atoms with Crippen molar-refractivity contribution >= 4 is 0 Å². The Morgan fingerprint density at radius 1 is 1.39 bits per heavy atom. The van der Waals surface area contributed by atoms with Crippen molar-refractivity contribution in [2.75, 3.05) is 13.1 Å². The van der Waals surface area contributed by atoms with E-state index in [1.807, 2.05) is 0 Å². The number of halogens is 3. The van der Waals surface area contributed by atoms with Crippen LogP contribution in [0.15, 0.2) is 28.7 Å². The van der Waals surface area contributed by atoms with Crippen LogP contribution < -0.4 is 5.73 Å². The molecule has 1 aromatic heterocycles. The molecule has 3 rings (SSSR count). The molecule has 0 aliphatic carbocycles. The highest BCUT2D eigenvalue weighted by atomic mass is 19.4. The van der Waals surface area contributed by atoms with Crippen LogP contribution in [0.1, 0.15) is 23.4 Å². The number of aryl methyl sites for hydroxylation is 1. The number of nitrogens with two attached hydrogens (primary N) is 1. The van der Waals surface area contributed by atoms with Crippen molar-refractivity contribution in [2.24, 2.45) is 5.73 Å². The fourth-order valence-electron chi connectivity index (χ4n) is 2.74. The van der Waals surface area contributed by atoms with E-state index in [1.54, 1.807) is 13.0 Å². The summed E-state index contributed by atoms with van der Waals surface area (Å²) < 4.78 is 44.0. The quantitative estimate of drug-likeness (QED) is 0.941. The van der Waals surface area contributed by atoms with Gasteiger partial charge in [-0.3, -0.25) is 4.90 Å². The van der Waals surface area contributed by atoms with E-state index in [1.165, 1.54) is 6.07 Å². The van der Waals surface area contributed by atoms with Gasteiger partial charge in [-0.2, -0.15) is 13.2 Å². The van der Waals surface area contributed by atoms with Crippen molar-refractivity contribution in [2.45, 2.75) is 32.1 Å². The SMILES string of the molecule is Cc1oc(-c2cccc(C(F)(F)F)c2)nc1CN1CCC(N)C1. The highest BCUT2D eigenvalue weighted by Crippen LogP contribution is 2.32. The number of alkyl halides is 3. The van der Waals surface area contributed by atoms with Gasteiger partial charge < -0.3 is 10.2 Å². The van der Waals surface area contributed by atoms with E-state index in [0.29, 0.717) is 17.9 Å². The molecule has 0 radical (unpaired) electrons. The van der Waals surface area contributed by atoms with Crippen molar-refractivity contribution < 1.29 is 17.6 Å². The van der Waals surface area contributed by atoms with Gasteiger partial charge in [0.15, 0.2) is 0 Å². The van der Waals surface area contributed by atoms with Crippen LogP contribution in [0.3, 0.4) is 0 Å². The third kappa shape index (κ3) is 3.56. The summed E-state index contributed by atoms with van der Waals surface area (Å²) in [5, 5.41) is 0. The number of likely N-dealkylation sites (tertiary alicyclic amines) is 1. The average Bonchev–Trinajstić information content (AvgIpc) is 3.05. The number of rotatable bonds is 3. The van der Waals surface area contributed by atoms with Crippen LogP contribution in [0.4, 0.5) is 13.2 Å². The molecule has 1 atom stereocenters. The number of benzene rings is 1. The number of hydrogen-bond acceptors (Lipinski definition) is 4. The Balaban J connectivity index is 1.83. The molecule has 1 aliphatic heterocycles. The summed E-state index contributed by atoms with van der Waals surface area (Å²) in [6.07, 6.45) is -3.44. The minimum Gasteiger partial charge on any atom is -0.441 e. The molecule has 4 nitrogen and oxygen atoms in total. The maximum Gasteiger partial charge on any atom is 0.416 e. The van der Waals surface area contributed by atoms with Gasteiger partial charge in [0.05, 0.1) is 11.3 Å². The summed E-state index contributed by atoms with van der Waals surface area (Å²) >= 11 is 0. The van der Waals surface area contributed by atoms with Crippen LogP contribution in [-0.4, -0.2) is 29.0 Å². The molecule has 1 aromatic carbocycles. The first-order valence-electron chi connectivity index (χ1n) is 7.45. The van der Waals surface area contributed by atoms with E-state index < -0.39 is 11.7 Å². The number of oxazole rings is 1. The second-order valence-electron chi connectivity index (χ2n) is 5.88. The first kappa shape index (κ1) is 16.0. The predicted molar refractivity (Wildman–Crippen MR) is 79.5 cm³/mol. The van der Waals surface area contributed by atoms with Crippen LogP contribution in [0, 0.1) is 6.92 Å². The Bertz CT molecular complexity index is 696. The third-order valence-electron chi connectivity index (χ3n) is 4.01. The summed E-state index contributed by atoms with van der Waals surface area (Å²) in [4.78, 5) is 6.55. The minimum atomic E-state index is -4.38. The zero-order chi connectivity index (χ0) is 16.6. The van der Waals surface area contributed by atoms with Crippen LogP contribution in [0.5, 0.6) is 0 Å². The topological polar surface area (TPSA) is 55.3 Å². The van der Waals surface area contributed by atoms with Crippen molar-refractivity contribution in [3.05, 3.63) is 41.3 Å². The molecule has 0 saturated carbocycles. The smallest absolute Gasteiger partial charge is 0.416 e. The molecule has 23 heavy (non-hydrogen) atoms. The van der Waals surface area contributed by atoms with Gasteiger partial charge in [-0.1, -0.05) is 6.07 Å². The van der Waals surface area contributed by atoms with Crippen LogP contribution >= 0.6 is 0 Å². The number of nitrogens with zero attached hydrogens (tertiary/aromatic N) is 2. The second-order valence-corrected chi connectivity index (χ2v) is 5.88. The summed E-state index contributed by atoms with van der Waals surface area (Å²) in [6, 6.07) is 5.18. The molecule has 1 unspecified atom stereocenters. The van der Waals surface area contributed by atoms with Gasteiger partial charge in [-0.05, 0) is 31.5 Å². The summed E-state index contributed by atoms with van der Waals surface area (Å²) in [6.45, 7) is 4.06. The van der Waals surface area contributed by atoms with Crippen molar-refractivity contribution in [1.82, 2.24) is 9.88 Å². The zero-order valence-electron chi connectivity index (χ0n) is 12.7. The average molecular weight is 325 g/mol. The van der Waals surface area contributed by atoms with Gasteiger partial charge >= 0.3 is 6.18 Å². The standard InChI is InChI=1S/C16H18F3N3O/c1-10-14(9-22-6-5-13(20)8-22)21-15(23-10)11-3-2-4-12(7-11)16(17,18)19/h2-4,7,13H,5-6,8-9,20H2,1H3. The molecule has 1 aliphatic rings. The highest BCUT2D eigenvalue weighted by Gasteiger charge is 2.31. The molecular weight excluding hydrogens is 307 g/mol. The Hall–Kier alpha value is -1.86. The molecule has 2 aromatic rings. The lowest BCUT2D eigenvalue weighted by atomic mass is 10.1. The van der Waals surface area contributed by atoms with E-state index in [2.05, 4.69) is 9.88 Å². The lowest BCUT2D eigenvalue weighted by molar-refractivity contribution is -0.137. The summed E-state index contributed by atoms with van der Waals surface area (Å²) in [5.41, 5.74) is 6.24. The number of aromatic nitrogens is 1. The fraction of sp³-hybridized carbons (Fsp3) is 0.438. The van der Waals surface area contributed by atoms with Crippen molar-refractivity contribution in [3.8, 4) is 11.5 Å². The van der Waals surface area contributed by atoms with Crippen LogP contribution in [0.25, 0.3) is 11.5 Å². The Labute approximate surface area is 132 Å². The van der Waals surface area contributed by atoms with E-state index in [0.717, 1.165) is 37.3 Å².